The van der Waals surface area contributed by atoms with Gasteiger partial charge in [0.1, 0.15) is 5.69 Å². The molecule has 0 bridgehead atoms. The first-order valence-electron chi connectivity index (χ1n) is 10.4. The third-order valence-corrected chi connectivity index (χ3v) is 6.35. The highest BCUT2D eigenvalue weighted by molar-refractivity contribution is 9.10. The highest BCUT2D eigenvalue weighted by Crippen LogP contribution is 2.36. The van der Waals surface area contributed by atoms with E-state index in [4.69, 9.17) is 39.0 Å². The first kappa shape index (κ1) is 31.2. The summed E-state index contributed by atoms with van der Waals surface area (Å²) in [4.78, 5) is 20.3. The summed E-state index contributed by atoms with van der Waals surface area (Å²) >= 11 is 18.1. The number of benzene rings is 4. The van der Waals surface area contributed by atoms with Gasteiger partial charge in [0, 0.05) is 42.1 Å². The van der Waals surface area contributed by atoms with Crippen molar-refractivity contribution in [2.45, 2.75) is 0 Å². The molecule has 0 aromatic heterocycles. The molecule has 196 valence electrons. The van der Waals surface area contributed by atoms with Crippen molar-refractivity contribution < 1.29 is 19.9 Å². The number of nitrogens with zero attached hydrogens (tertiary/aromatic N) is 2. The Balaban J connectivity index is 0.000000211. The fourth-order valence-corrected chi connectivity index (χ4v) is 4.15. The van der Waals surface area contributed by atoms with Crippen LogP contribution in [-0.4, -0.2) is 27.0 Å². The van der Waals surface area contributed by atoms with Crippen LogP contribution in [0.1, 0.15) is 0 Å². The smallest absolute Gasteiger partial charge is 0.423 e. The maximum absolute atomic E-state index is 11.0. The molecule has 0 unspecified atom stereocenters. The molecule has 0 spiro atoms. The quantitative estimate of drug-likeness (QED) is 0.0943. The Morgan fingerprint density at radius 2 is 1.21 bits per heavy atom. The third kappa shape index (κ3) is 9.08. The molecule has 4 N–H and O–H groups in total. The summed E-state index contributed by atoms with van der Waals surface area (Å²) < 4.78 is 1.51. The van der Waals surface area contributed by atoms with Crippen molar-refractivity contribution in [2.75, 3.05) is 5.73 Å². The van der Waals surface area contributed by atoms with Crippen molar-refractivity contribution in [1.29, 1.82) is 0 Å². The van der Waals surface area contributed by atoms with Gasteiger partial charge in [0.05, 0.1) is 15.4 Å². The lowest BCUT2D eigenvalue weighted by atomic mass is 9.80. The summed E-state index contributed by atoms with van der Waals surface area (Å²) in [6, 6.07) is 22.9. The van der Waals surface area contributed by atoms with Crippen molar-refractivity contribution >= 4 is 84.7 Å². The van der Waals surface area contributed by atoms with E-state index in [0.29, 0.717) is 26.6 Å². The minimum absolute atomic E-state index is 0.0429. The minimum atomic E-state index is -1.48. The molecule has 0 saturated carbocycles. The second kappa shape index (κ2) is 14.8. The van der Waals surface area contributed by atoms with Crippen molar-refractivity contribution in [3.63, 3.8) is 0 Å². The van der Waals surface area contributed by atoms with Gasteiger partial charge in [0.15, 0.2) is 0 Å². The lowest BCUT2D eigenvalue weighted by Crippen LogP contribution is -2.30. The molecule has 0 amide bonds. The van der Waals surface area contributed by atoms with Gasteiger partial charge in [-0.05, 0) is 36.4 Å². The summed E-state index contributed by atoms with van der Waals surface area (Å²) in [6.07, 6.45) is 0. The monoisotopic (exact) mass is 683 g/mol. The van der Waals surface area contributed by atoms with Crippen LogP contribution in [0.3, 0.4) is 0 Å². The van der Waals surface area contributed by atoms with Crippen LogP contribution in [0, 0.1) is 20.2 Å². The first-order chi connectivity index (χ1) is 17.9. The summed E-state index contributed by atoms with van der Waals surface area (Å²) in [6.45, 7) is 0. The molecule has 4 aromatic rings. The largest absolute Gasteiger partial charge is 0.489 e. The Labute approximate surface area is 244 Å². The zero-order valence-corrected chi connectivity index (χ0v) is 23.9. The maximum Gasteiger partial charge on any atom is 0.489 e. The maximum atomic E-state index is 11.0. The first-order valence-corrected chi connectivity index (χ1v) is 12.7. The second-order valence-corrected chi connectivity index (χ2v) is 9.90. The molecular formula is C24H18BBr2Cl2N3O6. The molecule has 0 aliphatic rings. The lowest BCUT2D eigenvalue weighted by molar-refractivity contribution is -0.384. The number of nitrogens with two attached hydrogens (primary N) is 1. The molecule has 0 heterocycles. The lowest BCUT2D eigenvalue weighted by Gasteiger charge is -2.05. The minimum Gasteiger partial charge on any atom is -0.423 e. The van der Waals surface area contributed by atoms with Gasteiger partial charge in [-0.15, -0.1) is 0 Å². The van der Waals surface area contributed by atoms with Crippen LogP contribution in [0.2, 0.25) is 10.0 Å². The number of halogens is 4. The molecule has 9 nitrogen and oxygen atoms in total. The fraction of sp³-hybridized carbons (Fsp3) is 0. The molecule has 0 radical (unpaired) electrons. The van der Waals surface area contributed by atoms with Gasteiger partial charge < -0.3 is 15.8 Å². The molecule has 4 rings (SSSR count). The average Bonchev–Trinajstić information content (AvgIpc) is 2.85. The zero-order valence-electron chi connectivity index (χ0n) is 19.2. The topological polar surface area (TPSA) is 153 Å². The zero-order chi connectivity index (χ0) is 28.4. The molecule has 38 heavy (non-hydrogen) atoms. The van der Waals surface area contributed by atoms with Gasteiger partial charge in [0.25, 0.3) is 11.4 Å². The van der Waals surface area contributed by atoms with Crippen LogP contribution in [0.25, 0.3) is 11.1 Å². The number of rotatable bonds is 4. The Morgan fingerprint density at radius 1 is 0.711 bits per heavy atom. The summed E-state index contributed by atoms with van der Waals surface area (Å²) in [5, 5.41) is 39.4. The van der Waals surface area contributed by atoms with E-state index < -0.39 is 17.0 Å². The van der Waals surface area contributed by atoms with Gasteiger partial charge in [-0.25, -0.2) is 0 Å². The van der Waals surface area contributed by atoms with E-state index >= 15 is 0 Å². The number of nitro benzene ring substituents is 2. The van der Waals surface area contributed by atoms with Gasteiger partial charge in [-0.2, -0.15) is 0 Å². The number of nitro groups is 2. The second-order valence-electron chi connectivity index (χ2n) is 7.25. The van der Waals surface area contributed by atoms with Gasteiger partial charge in [-0.1, -0.05) is 91.5 Å². The molecule has 0 fully saturated rings. The van der Waals surface area contributed by atoms with Crippen LogP contribution in [-0.2, 0) is 0 Å². The van der Waals surface area contributed by atoms with Crippen molar-refractivity contribution in [2.24, 2.45) is 0 Å². The van der Waals surface area contributed by atoms with E-state index in [9.17, 15) is 20.2 Å². The summed E-state index contributed by atoms with van der Waals surface area (Å²) in [5.74, 6) is 0. The standard InChI is InChI=1S/C12H7BrClNO2.C6H6BClO2.C6H5BrN2O2/c13-8-5-6-12(15(16)17)10(7-8)9-3-1-2-4-11(9)14;8-6-4-2-1-3-5(6)7(9)10;7-4-1-2-6(9(10)11)5(8)3-4/h1-7H;1-4,9-10H;1-3H,8H2. The summed E-state index contributed by atoms with van der Waals surface area (Å²) in [7, 11) is -1.48. The molecule has 0 atom stereocenters. The van der Waals surface area contributed by atoms with E-state index in [1.165, 1.54) is 18.2 Å². The van der Waals surface area contributed by atoms with Crippen LogP contribution in [0.4, 0.5) is 17.1 Å². The highest BCUT2D eigenvalue weighted by Gasteiger charge is 2.17. The Morgan fingerprint density at radius 3 is 1.68 bits per heavy atom. The number of anilines is 1. The predicted molar refractivity (Wildman–Crippen MR) is 158 cm³/mol. The van der Waals surface area contributed by atoms with Crippen LogP contribution < -0.4 is 11.2 Å². The summed E-state index contributed by atoms with van der Waals surface area (Å²) in [5.41, 5.74) is 7.00. The Kier molecular flexibility index (Phi) is 12.2. The highest BCUT2D eigenvalue weighted by atomic mass is 79.9. The van der Waals surface area contributed by atoms with Crippen molar-refractivity contribution in [3.05, 3.63) is 124 Å². The number of hydrogen-bond donors (Lipinski definition) is 3. The fourth-order valence-electron chi connectivity index (χ4n) is 2.94. The molecule has 0 saturated heterocycles. The van der Waals surface area contributed by atoms with E-state index in [-0.39, 0.29) is 17.1 Å². The number of nitrogen functional groups attached to an aromatic ring is 1. The van der Waals surface area contributed by atoms with E-state index in [1.807, 2.05) is 0 Å². The molecule has 0 aliphatic heterocycles. The van der Waals surface area contributed by atoms with Crippen LogP contribution in [0.5, 0.6) is 0 Å². The SMILES string of the molecule is Nc1cc(Br)ccc1[N+](=O)[O-].O=[N+]([O-])c1ccc(Br)cc1-c1ccccc1Cl.OB(O)c1ccccc1Cl. The van der Waals surface area contributed by atoms with Crippen molar-refractivity contribution in [3.8, 4) is 11.1 Å². The van der Waals surface area contributed by atoms with Crippen LogP contribution in [0.15, 0.2) is 93.9 Å². The van der Waals surface area contributed by atoms with E-state index in [0.717, 1.165) is 8.95 Å². The van der Waals surface area contributed by atoms with Gasteiger partial charge >= 0.3 is 7.12 Å². The molecule has 0 aliphatic carbocycles. The average molecular weight is 686 g/mol. The van der Waals surface area contributed by atoms with E-state index in [2.05, 4.69) is 31.9 Å². The van der Waals surface area contributed by atoms with Gasteiger partial charge in [-0.3, -0.25) is 20.2 Å². The Hall–Kier alpha value is -3.00. The molecule has 14 heteroatoms. The van der Waals surface area contributed by atoms with Crippen molar-refractivity contribution in [1.82, 2.24) is 0 Å². The third-order valence-electron chi connectivity index (χ3n) is 4.69. The number of hydrogen-bond acceptors (Lipinski definition) is 7. The van der Waals surface area contributed by atoms with E-state index in [1.54, 1.807) is 66.7 Å². The molecular weight excluding hydrogens is 668 g/mol. The van der Waals surface area contributed by atoms with Gasteiger partial charge in [0.2, 0.25) is 0 Å². The predicted octanol–water partition coefficient (Wildman–Crippen LogP) is 6.64. The van der Waals surface area contributed by atoms with Crippen LogP contribution >= 0.6 is 55.1 Å². The normalized spacial score (nSPS) is 9.84. The molecule has 4 aromatic carbocycles. The Bertz CT molecular complexity index is 1450.